The van der Waals surface area contributed by atoms with E-state index in [9.17, 15) is 5.11 Å². The molecule has 2 rings (SSSR count). The highest BCUT2D eigenvalue weighted by molar-refractivity contribution is 5.60. The predicted molar refractivity (Wildman–Crippen MR) is 73.0 cm³/mol. The van der Waals surface area contributed by atoms with Crippen molar-refractivity contribution in [2.24, 2.45) is 5.84 Å². The molecule has 0 saturated carbocycles. The first kappa shape index (κ1) is 14.0. The third-order valence-corrected chi connectivity index (χ3v) is 3.29. The van der Waals surface area contributed by atoms with Crippen LogP contribution >= 0.6 is 0 Å². The molecular formula is C12H21N5O2. The van der Waals surface area contributed by atoms with Gasteiger partial charge in [-0.25, -0.2) is 15.8 Å². The van der Waals surface area contributed by atoms with Gasteiger partial charge >= 0.3 is 0 Å². The number of aromatic nitrogens is 2. The fraction of sp³-hybridized carbons (Fsp3) is 0.667. The quantitative estimate of drug-likeness (QED) is 0.525. The lowest BCUT2D eigenvalue weighted by Gasteiger charge is -2.37. The van der Waals surface area contributed by atoms with Crippen molar-refractivity contribution in [3.63, 3.8) is 0 Å². The van der Waals surface area contributed by atoms with Crippen molar-refractivity contribution < 1.29 is 9.84 Å². The van der Waals surface area contributed by atoms with Crippen LogP contribution in [0.4, 0.5) is 11.6 Å². The second kappa shape index (κ2) is 6.14. The molecule has 4 N–H and O–H groups in total. The smallest absolute Gasteiger partial charge is 0.148 e. The Morgan fingerprint density at radius 2 is 2.37 bits per heavy atom. The lowest BCUT2D eigenvalue weighted by Crippen LogP contribution is -2.48. The van der Waals surface area contributed by atoms with E-state index in [-0.39, 0.29) is 18.6 Å². The van der Waals surface area contributed by atoms with E-state index in [1.807, 2.05) is 0 Å². The molecule has 0 aromatic carbocycles. The zero-order chi connectivity index (χ0) is 13.8. The third-order valence-electron chi connectivity index (χ3n) is 3.29. The maximum Gasteiger partial charge on any atom is 0.148 e. The summed E-state index contributed by atoms with van der Waals surface area (Å²) in [6.45, 7) is 6.00. The number of aliphatic hydroxyl groups is 1. The van der Waals surface area contributed by atoms with Crippen LogP contribution < -0.4 is 16.2 Å². The van der Waals surface area contributed by atoms with E-state index in [1.54, 1.807) is 0 Å². The van der Waals surface area contributed by atoms with Gasteiger partial charge in [0.1, 0.15) is 18.0 Å². The molecule has 1 aromatic rings. The molecule has 19 heavy (non-hydrogen) atoms. The number of nitrogens with two attached hydrogens (primary N) is 1. The topological polar surface area (TPSA) is 96.5 Å². The molecular weight excluding hydrogens is 246 g/mol. The first-order valence-electron chi connectivity index (χ1n) is 6.45. The molecule has 0 bridgehead atoms. The molecule has 1 aliphatic heterocycles. The highest BCUT2D eigenvalue weighted by Crippen LogP contribution is 2.31. The Hall–Kier alpha value is -1.44. The van der Waals surface area contributed by atoms with Gasteiger partial charge < -0.3 is 20.2 Å². The number of hydrogen-bond acceptors (Lipinski definition) is 7. The van der Waals surface area contributed by atoms with E-state index in [2.05, 4.69) is 34.1 Å². The summed E-state index contributed by atoms with van der Waals surface area (Å²) in [4.78, 5) is 10.6. The van der Waals surface area contributed by atoms with Gasteiger partial charge in [0.25, 0.3) is 0 Å². The number of aliphatic hydroxyl groups excluding tert-OH is 1. The zero-order valence-corrected chi connectivity index (χ0v) is 11.3. The SMILES string of the molecule is CC(C)c1c(NN)ncnc1N1CCOCC1CO. The van der Waals surface area contributed by atoms with E-state index in [4.69, 9.17) is 10.6 Å². The summed E-state index contributed by atoms with van der Waals surface area (Å²) in [5, 5.41) is 9.47. The van der Waals surface area contributed by atoms with Gasteiger partial charge in [-0.3, -0.25) is 0 Å². The normalized spacial score (nSPS) is 19.8. The van der Waals surface area contributed by atoms with Gasteiger partial charge in [0.15, 0.2) is 0 Å². The van der Waals surface area contributed by atoms with Crippen molar-refractivity contribution in [2.75, 3.05) is 36.7 Å². The van der Waals surface area contributed by atoms with Crippen molar-refractivity contribution in [3.8, 4) is 0 Å². The van der Waals surface area contributed by atoms with Crippen LogP contribution in [0.5, 0.6) is 0 Å². The Morgan fingerprint density at radius 3 is 3.00 bits per heavy atom. The summed E-state index contributed by atoms with van der Waals surface area (Å²) < 4.78 is 5.40. The van der Waals surface area contributed by atoms with Crippen LogP contribution in [-0.2, 0) is 4.74 Å². The molecule has 106 valence electrons. The summed E-state index contributed by atoms with van der Waals surface area (Å²) in [5.41, 5.74) is 3.58. The average molecular weight is 267 g/mol. The monoisotopic (exact) mass is 267 g/mol. The Bertz CT molecular complexity index is 427. The van der Waals surface area contributed by atoms with E-state index < -0.39 is 0 Å². The maximum absolute atomic E-state index is 9.47. The molecule has 7 nitrogen and oxygen atoms in total. The van der Waals surface area contributed by atoms with Crippen LogP contribution in [0.25, 0.3) is 0 Å². The van der Waals surface area contributed by atoms with Gasteiger partial charge in [-0.15, -0.1) is 0 Å². The molecule has 1 fully saturated rings. The minimum atomic E-state index is -0.0771. The number of hydrogen-bond donors (Lipinski definition) is 3. The molecule has 1 saturated heterocycles. The van der Waals surface area contributed by atoms with Crippen molar-refractivity contribution in [3.05, 3.63) is 11.9 Å². The number of nitrogen functional groups attached to an aromatic ring is 1. The van der Waals surface area contributed by atoms with E-state index in [1.165, 1.54) is 6.33 Å². The van der Waals surface area contributed by atoms with E-state index in [0.717, 1.165) is 11.4 Å². The lowest BCUT2D eigenvalue weighted by atomic mass is 10.0. The predicted octanol–water partition coefficient (Wildman–Crippen LogP) is 0.0831. The summed E-state index contributed by atoms with van der Waals surface area (Å²) >= 11 is 0. The molecule has 7 heteroatoms. The van der Waals surface area contributed by atoms with Crippen molar-refractivity contribution in [2.45, 2.75) is 25.8 Å². The van der Waals surface area contributed by atoms with Crippen LogP contribution in [0, 0.1) is 0 Å². The van der Waals surface area contributed by atoms with Crippen molar-refractivity contribution >= 4 is 11.6 Å². The highest BCUT2D eigenvalue weighted by Gasteiger charge is 2.27. The second-order valence-corrected chi connectivity index (χ2v) is 4.86. The zero-order valence-electron chi connectivity index (χ0n) is 11.3. The van der Waals surface area contributed by atoms with Crippen molar-refractivity contribution in [1.82, 2.24) is 9.97 Å². The number of rotatable bonds is 4. The minimum absolute atomic E-state index is 0.0346. The third kappa shape index (κ3) is 2.78. The van der Waals surface area contributed by atoms with Crippen LogP contribution in [-0.4, -0.2) is 47.5 Å². The summed E-state index contributed by atoms with van der Waals surface area (Å²) in [6, 6.07) is -0.0771. The summed E-state index contributed by atoms with van der Waals surface area (Å²) in [7, 11) is 0. The number of morpholine rings is 1. The lowest BCUT2D eigenvalue weighted by molar-refractivity contribution is 0.0721. The van der Waals surface area contributed by atoms with E-state index in [0.29, 0.717) is 25.6 Å². The number of nitrogens with zero attached hydrogens (tertiary/aromatic N) is 3. The highest BCUT2D eigenvalue weighted by atomic mass is 16.5. The largest absolute Gasteiger partial charge is 0.394 e. The molecule has 1 aliphatic rings. The molecule has 1 atom stereocenters. The van der Waals surface area contributed by atoms with Crippen molar-refractivity contribution in [1.29, 1.82) is 0 Å². The Labute approximate surface area is 112 Å². The number of nitrogens with one attached hydrogen (secondary N) is 1. The molecule has 0 aliphatic carbocycles. The summed E-state index contributed by atoms with van der Waals surface area (Å²) in [6.07, 6.45) is 1.49. The van der Waals surface area contributed by atoms with Crippen LogP contribution in [0.2, 0.25) is 0 Å². The molecule has 1 aromatic heterocycles. The molecule has 0 radical (unpaired) electrons. The fourth-order valence-corrected chi connectivity index (χ4v) is 2.35. The van der Waals surface area contributed by atoms with Gasteiger partial charge in [0.05, 0.1) is 25.9 Å². The first-order valence-corrected chi connectivity index (χ1v) is 6.45. The van der Waals surface area contributed by atoms with E-state index >= 15 is 0 Å². The Kier molecular flexibility index (Phi) is 4.52. The van der Waals surface area contributed by atoms with Crippen LogP contribution in [0.3, 0.4) is 0 Å². The second-order valence-electron chi connectivity index (χ2n) is 4.86. The van der Waals surface area contributed by atoms with Gasteiger partial charge in [-0.2, -0.15) is 0 Å². The van der Waals surface area contributed by atoms with Gasteiger partial charge in [-0.1, -0.05) is 13.8 Å². The first-order chi connectivity index (χ1) is 9.19. The average Bonchev–Trinajstić information content (AvgIpc) is 2.46. The molecule has 1 unspecified atom stereocenters. The van der Waals surface area contributed by atoms with Crippen LogP contribution in [0.15, 0.2) is 6.33 Å². The fourth-order valence-electron chi connectivity index (χ4n) is 2.35. The number of hydrazine groups is 1. The number of anilines is 2. The van der Waals surface area contributed by atoms with Crippen LogP contribution in [0.1, 0.15) is 25.3 Å². The minimum Gasteiger partial charge on any atom is -0.394 e. The molecule has 0 spiro atoms. The number of ether oxygens (including phenoxy) is 1. The Balaban J connectivity index is 2.42. The molecule has 0 amide bonds. The molecule has 2 heterocycles. The van der Waals surface area contributed by atoms with Gasteiger partial charge in [-0.05, 0) is 5.92 Å². The maximum atomic E-state index is 9.47. The standard InChI is InChI=1S/C12H21N5O2/c1-8(2)10-11(16-13)14-7-15-12(10)17-3-4-19-6-9(17)5-18/h7-9,18H,3-6,13H2,1-2H3,(H,14,15,16). The Morgan fingerprint density at radius 1 is 1.58 bits per heavy atom. The summed E-state index contributed by atoms with van der Waals surface area (Å²) in [5.74, 6) is 7.20. The van der Waals surface area contributed by atoms with Gasteiger partial charge in [0, 0.05) is 12.1 Å². The van der Waals surface area contributed by atoms with Gasteiger partial charge in [0.2, 0.25) is 0 Å².